The maximum absolute atomic E-state index is 13.0. The third-order valence-corrected chi connectivity index (χ3v) is 4.47. The zero-order valence-electron chi connectivity index (χ0n) is 16.8. The van der Waals surface area contributed by atoms with Gasteiger partial charge >= 0.3 is 12.0 Å². The van der Waals surface area contributed by atoms with Crippen LogP contribution in [0.25, 0.3) is 6.08 Å². The minimum atomic E-state index is -0.892. The van der Waals surface area contributed by atoms with Gasteiger partial charge in [0.1, 0.15) is 11.3 Å². The molecule has 1 fully saturated rings. The van der Waals surface area contributed by atoms with Crippen LogP contribution in [0, 0.1) is 0 Å². The van der Waals surface area contributed by atoms with Crippen molar-refractivity contribution < 1.29 is 28.7 Å². The van der Waals surface area contributed by atoms with Gasteiger partial charge in [-0.2, -0.15) is 0 Å². The Hall–Kier alpha value is -3.65. The molecule has 3 rings (SSSR count). The number of anilines is 1. The molecule has 1 N–H and O–H groups in total. The van der Waals surface area contributed by atoms with E-state index in [0.29, 0.717) is 22.9 Å². The number of urea groups is 1. The Morgan fingerprint density at radius 2 is 1.77 bits per heavy atom. The molecule has 160 valence electrons. The predicted octanol–water partition coefficient (Wildman–Crippen LogP) is 3.58. The number of hydrogen-bond donors (Lipinski definition) is 1. The van der Waals surface area contributed by atoms with Crippen molar-refractivity contribution >= 4 is 47.2 Å². The molecule has 1 aliphatic rings. The topological polar surface area (TPSA) is 102 Å². The Morgan fingerprint density at radius 3 is 2.42 bits per heavy atom. The molecule has 31 heavy (non-hydrogen) atoms. The van der Waals surface area contributed by atoms with E-state index in [1.54, 1.807) is 25.1 Å². The van der Waals surface area contributed by atoms with Crippen LogP contribution in [-0.4, -0.2) is 37.0 Å². The largest absolute Gasteiger partial charge is 0.494 e. The fourth-order valence-electron chi connectivity index (χ4n) is 2.94. The molecule has 0 aliphatic carbocycles. The molecule has 0 saturated carbocycles. The van der Waals surface area contributed by atoms with Gasteiger partial charge in [-0.15, -0.1) is 0 Å². The van der Waals surface area contributed by atoms with Crippen LogP contribution in [-0.2, 0) is 14.3 Å². The second kappa shape index (κ2) is 9.44. The van der Waals surface area contributed by atoms with E-state index < -0.39 is 23.8 Å². The van der Waals surface area contributed by atoms with E-state index in [4.69, 9.17) is 21.1 Å². The molecule has 0 radical (unpaired) electrons. The Balaban J connectivity index is 1.94. The molecule has 1 aliphatic heterocycles. The molecule has 2 aromatic carbocycles. The first-order chi connectivity index (χ1) is 14.8. The summed E-state index contributed by atoms with van der Waals surface area (Å²) >= 11 is 6.09. The SMILES string of the molecule is CCOC(=O)c1ccc(N2C(=O)NC(=O)/C(=C\c3cc(Cl)cc(OCC)c3)C2=O)cc1. The highest BCUT2D eigenvalue weighted by Crippen LogP contribution is 2.26. The summed E-state index contributed by atoms with van der Waals surface area (Å²) in [4.78, 5) is 50.3. The Morgan fingerprint density at radius 1 is 1.06 bits per heavy atom. The van der Waals surface area contributed by atoms with Crippen LogP contribution in [0.5, 0.6) is 5.75 Å². The minimum Gasteiger partial charge on any atom is -0.494 e. The van der Waals surface area contributed by atoms with Crippen LogP contribution in [0.15, 0.2) is 48.0 Å². The number of esters is 1. The molecular formula is C22H19ClN2O6. The number of halogens is 1. The number of amides is 4. The second-order valence-electron chi connectivity index (χ2n) is 6.38. The van der Waals surface area contributed by atoms with Crippen LogP contribution in [0.3, 0.4) is 0 Å². The highest BCUT2D eigenvalue weighted by Gasteiger charge is 2.36. The first-order valence-electron chi connectivity index (χ1n) is 9.46. The molecule has 0 bridgehead atoms. The number of nitrogens with one attached hydrogen (secondary N) is 1. The average Bonchev–Trinajstić information content (AvgIpc) is 2.71. The molecule has 0 spiro atoms. The lowest BCUT2D eigenvalue weighted by molar-refractivity contribution is -0.122. The summed E-state index contributed by atoms with van der Waals surface area (Å²) in [6.07, 6.45) is 1.33. The molecule has 0 unspecified atom stereocenters. The lowest BCUT2D eigenvalue weighted by Gasteiger charge is -2.26. The molecule has 0 atom stereocenters. The number of imide groups is 2. The highest BCUT2D eigenvalue weighted by atomic mass is 35.5. The van der Waals surface area contributed by atoms with Crippen molar-refractivity contribution in [2.45, 2.75) is 13.8 Å². The number of ether oxygens (including phenoxy) is 2. The summed E-state index contributed by atoms with van der Waals surface area (Å²) in [6.45, 7) is 4.14. The molecule has 1 saturated heterocycles. The van der Waals surface area contributed by atoms with E-state index in [1.807, 2.05) is 6.92 Å². The second-order valence-corrected chi connectivity index (χ2v) is 6.81. The zero-order valence-corrected chi connectivity index (χ0v) is 17.6. The highest BCUT2D eigenvalue weighted by molar-refractivity contribution is 6.39. The van der Waals surface area contributed by atoms with E-state index in [1.165, 1.54) is 30.3 Å². The third kappa shape index (κ3) is 4.92. The van der Waals surface area contributed by atoms with Crippen LogP contribution < -0.4 is 15.0 Å². The van der Waals surface area contributed by atoms with Crippen LogP contribution in [0.1, 0.15) is 29.8 Å². The van der Waals surface area contributed by atoms with Crippen molar-refractivity contribution in [1.29, 1.82) is 0 Å². The summed E-state index contributed by atoms with van der Waals surface area (Å²) in [5, 5.41) is 2.51. The Bertz CT molecular complexity index is 1080. The molecule has 8 nitrogen and oxygen atoms in total. The molecule has 4 amide bonds. The van der Waals surface area contributed by atoms with Gasteiger partial charge in [0.05, 0.1) is 24.5 Å². The third-order valence-electron chi connectivity index (χ3n) is 4.25. The lowest BCUT2D eigenvalue weighted by Crippen LogP contribution is -2.54. The fraction of sp³-hybridized carbons (Fsp3) is 0.182. The standard InChI is InChI=1S/C22H19ClN2O6/c1-3-30-17-10-13(9-15(23)12-17)11-18-19(26)24-22(29)25(20(18)27)16-7-5-14(6-8-16)21(28)31-4-2/h5-12H,3-4H2,1-2H3,(H,24,26,29)/b18-11+. The first-order valence-corrected chi connectivity index (χ1v) is 9.83. The molecule has 9 heteroatoms. The molecule has 2 aromatic rings. The summed E-state index contributed by atoms with van der Waals surface area (Å²) < 4.78 is 10.3. The van der Waals surface area contributed by atoms with Crippen molar-refractivity contribution in [3.05, 3.63) is 64.2 Å². The van der Waals surface area contributed by atoms with Gasteiger partial charge in [0, 0.05) is 5.02 Å². The van der Waals surface area contributed by atoms with E-state index >= 15 is 0 Å². The number of benzene rings is 2. The minimum absolute atomic E-state index is 0.190. The number of nitrogens with zero attached hydrogens (tertiary/aromatic N) is 1. The van der Waals surface area contributed by atoms with E-state index in [-0.39, 0.29) is 23.4 Å². The normalized spacial score (nSPS) is 15.1. The molecule has 1 heterocycles. The predicted molar refractivity (Wildman–Crippen MR) is 114 cm³/mol. The van der Waals surface area contributed by atoms with Gasteiger partial charge in [0.2, 0.25) is 0 Å². The quantitative estimate of drug-likeness (QED) is 0.416. The number of carbonyl (C=O) groups excluding carboxylic acids is 4. The van der Waals surface area contributed by atoms with Crippen LogP contribution >= 0.6 is 11.6 Å². The van der Waals surface area contributed by atoms with E-state index in [0.717, 1.165) is 4.90 Å². The van der Waals surface area contributed by atoms with Crippen molar-refractivity contribution in [2.75, 3.05) is 18.1 Å². The van der Waals surface area contributed by atoms with Gasteiger partial charge in [-0.05, 0) is 68.0 Å². The van der Waals surface area contributed by atoms with Gasteiger partial charge in [-0.1, -0.05) is 11.6 Å². The summed E-state index contributed by atoms with van der Waals surface area (Å²) in [5.74, 6) is -1.68. The monoisotopic (exact) mass is 442 g/mol. The summed E-state index contributed by atoms with van der Waals surface area (Å²) in [5.41, 5.74) is 0.667. The number of barbiturate groups is 1. The summed E-state index contributed by atoms with van der Waals surface area (Å²) in [6, 6.07) is 9.60. The Kier molecular flexibility index (Phi) is 6.71. The maximum atomic E-state index is 13.0. The van der Waals surface area contributed by atoms with Crippen LogP contribution in [0.4, 0.5) is 10.5 Å². The first kappa shape index (κ1) is 22.0. The van der Waals surface area contributed by atoms with Crippen molar-refractivity contribution in [2.24, 2.45) is 0 Å². The molecular weight excluding hydrogens is 424 g/mol. The smallest absolute Gasteiger partial charge is 0.338 e. The van der Waals surface area contributed by atoms with Gasteiger partial charge < -0.3 is 9.47 Å². The van der Waals surface area contributed by atoms with Gasteiger partial charge in [0.25, 0.3) is 11.8 Å². The number of hydrogen-bond acceptors (Lipinski definition) is 6. The van der Waals surface area contributed by atoms with Gasteiger partial charge in [-0.3, -0.25) is 14.9 Å². The average molecular weight is 443 g/mol. The van der Waals surface area contributed by atoms with Gasteiger partial charge in [-0.25, -0.2) is 14.5 Å². The van der Waals surface area contributed by atoms with E-state index in [9.17, 15) is 19.2 Å². The summed E-state index contributed by atoms with van der Waals surface area (Å²) in [7, 11) is 0. The zero-order chi connectivity index (χ0) is 22.5. The Labute approximate surface area is 183 Å². The fourth-order valence-corrected chi connectivity index (χ4v) is 3.17. The lowest BCUT2D eigenvalue weighted by atomic mass is 10.1. The van der Waals surface area contributed by atoms with Crippen molar-refractivity contribution in [1.82, 2.24) is 5.32 Å². The van der Waals surface area contributed by atoms with Crippen LogP contribution in [0.2, 0.25) is 5.02 Å². The maximum Gasteiger partial charge on any atom is 0.338 e. The molecule has 0 aromatic heterocycles. The van der Waals surface area contributed by atoms with Crippen molar-refractivity contribution in [3.8, 4) is 5.75 Å². The number of carbonyl (C=O) groups is 4. The van der Waals surface area contributed by atoms with Gasteiger partial charge in [0.15, 0.2) is 0 Å². The van der Waals surface area contributed by atoms with E-state index in [2.05, 4.69) is 5.32 Å². The van der Waals surface area contributed by atoms with Crippen molar-refractivity contribution in [3.63, 3.8) is 0 Å². The number of rotatable bonds is 6.